The molecule has 0 aromatic heterocycles. The Morgan fingerprint density at radius 3 is 2.57 bits per heavy atom. The third-order valence-corrected chi connectivity index (χ3v) is 4.83. The van der Waals surface area contributed by atoms with Gasteiger partial charge in [0.2, 0.25) is 5.91 Å². The van der Waals surface area contributed by atoms with E-state index in [1.54, 1.807) is 11.8 Å². The van der Waals surface area contributed by atoms with E-state index < -0.39 is 5.97 Å². The van der Waals surface area contributed by atoms with E-state index in [0.29, 0.717) is 13.0 Å². The number of nitrogens with one attached hydrogen (secondary N) is 1. The van der Waals surface area contributed by atoms with E-state index in [1.165, 1.54) is 0 Å². The van der Waals surface area contributed by atoms with Gasteiger partial charge in [-0.2, -0.15) is 0 Å². The fourth-order valence-electron chi connectivity index (χ4n) is 2.65. The molecule has 1 fully saturated rings. The molecule has 1 heterocycles. The summed E-state index contributed by atoms with van der Waals surface area (Å²) in [7, 11) is 0. The molecule has 1 aromatic carbocycles. The number of likely N-dealkylation sites (tertiary alicyclic amines) is 1. The van der Waals surface area contributed by atoms with Crippen LogP contribution in [0.2, 0.25) is 0 Å². The topological polar surface area (TPSA) is 69.6 Å². The maximum Gasteiger partial charge on any atom is 0.307 e. The van der Waals surface area contributed by atoms with Crippen molar-refractivity contribution in [3.05, 3.63) is 24.3 Å². The predicted molar refractivity (Wildman–Crippen MR) is 95.5 cm³/mol. The second-order valence-electron chi connectivity index (χ2n) is 5.57. The Labute approximate surface area is 147 Å². The monoisotopic (exact) mass is 358 g/mol. The molecule has 2 rings (SSSR count). The summed E-state index contributed by atoms with van der Waals surface area (Å²) in [6.07, 6.45) is 3.51. The molecule has 0 bridgehead atoms. The van der Waals surface area contributed by atoms with Crippen LogP contribution in [0.5, 0.6) is 0 Å². The third kappa shape index (κ3) is 5.41. The second-order valence-corrected chi connectivity index (χ2v) is 6.45. The normalized spacial score (nSPS) is 19.5. The van der Waals surface area contributed by atoms with Gasteiger partial charge in [0.1, 0.15) is 0 Å². The first-order chi connectivity index (χ1) is 10.5. The molecule has 5 nitrogen and oxygen atoms in total. The average molecular weight is 359 g/mol. The molecule has 1 aromatic rings. The summed E-state index contributed by atoms with van der Waals surface area (Å²) < 4.78 is 0. The first-order valence-corrected chi connectivity index (χ1v) is 8.65. The van der Waals surface area contributed by atoms with Crippen LogP contribution in [0, 0.1) is 5.92 Å². The largest absolute Gasteiger partial charge is 0.481 e. The predicted octanol–water partition coefficient (Wildman–Crippen LogP) is 2.95. The number of amides is 1. The fraction of sp³-hybridized carbons (Fsp3) is 0.500. The number of rotatable bonds is 5. The number of benzene rings is 1. The van der Waals surface area contributed by atoms with E-state index in [4.69, 9.17) is 5.11 Å². The molecule has 1 saturated heterocycles. The number of anilines is 1. The van der Waals surface area contributed by atoms with Crippen molar-refractivity contribution in [2.24, 2.45) is 5.92 Å². The molecule has 0 aliphatic carbocycles. The number of hydrogen-bond donors (Lipinski definition) is 2. The van der Waals surface area contributed by atoms with E-state index in [-0.39, 0.29) is 30.3 Å². The number of halogens is 1. The van der Waals surface area contributed by atoms with Gasteiger partial charge in [0, 0.05) is 17.1 Å². The van der Waals surface area contributed by atoms with E-state index in [1.807, 2.05) is 42.3 Å². The molecular weight excluding hydrogens is 336 g/mol. The lowest BCUT2D eigenvalue weighted by Gasteiger charge is -2.34. The van der Waals surface area contributed by atoms with Crippen molar-refractivity contribution in [3.63, 3.8) is 0 Å². The first-order valence-electron chi connectivity index (χ1n) is 7.43. The van der Waals surface area contributed by atoms with Crippen molar-refractivity contribution in [1.82, 2.24) is 4.90 Å². The van der Waals surface area contributed by atoms with Gasteiger partial charge in [-0.3, -0.25) is 14.5 Å². The van der Waals surface area contributed by atoms with E-state index in [2.05, 4.69) is 5.32 Å². The highest BCUT2D eigenvalue weighted by Gasteiger charge is 2.30. The summed E-state index contributed by atoms with van der Waals surface area (Å²) >= 11 is 1.65. The maximum absolute atomic E-state index is 12.3. The molecule has 1 aliphatic heterocycles. The molecule has 23 heavy (non-hydrogen) atoms. The Bertz CT molecular complexity index is 539. The number of thioether (sulfide) groups is 1. The highest BCUT2D eigenvalue weighted by atomic mass is 35.5. The van der Waals surface area contributed by atoms with Gasteiger partial charge in [0.15, 0.2) is 0 Å². The van der Waals surface area contributed by atoms with E-state index in [9.17, 15) is 9.59 Å². The molecule has 128 valence electrons. The molecule has 0 saturated carbocycles. The van der Waals surface area contributed by atoms with Crippen LogP contribution in [0.4, 0.5) is 5.69 Å². The van der Waals surface area contributed by atoms with Crippen LogP contribution in [-0.2, 0) is 9.59 Å². The minimum absolute atomic E-state index is 0. The Morgan fingerprint density at radius 2 is 2.00 bits per heavy atom. The number of hydrogen-bond acceptors (Lipinski definition) is 4. The summed E-state index contributed by atoms with van der Waals surface area (Å²) in [6, 6.07) is 7.36. The molecule has 0 radical (unpaired) electrons. The standard InChI is InChI=1S/C16H22N2O3S.ClH/c1-11(18-9-3-4-12(10-18)16(20)21)15(19)17-13-5-7-14(22-2)8-6-13;/h5-8,11-12H,3-4,9-10H2,1-2H3,(H,17,19)(H,20,21);1H. The highest BCUT2D eigenvalue weighted by Crippen LogP contribution is 2.20. The lowest BCUT2D eigenvalue weighted by Crippen LogP contribution is -2.48. The van der Waals surface area contributed by atoms with Crippen molar-refractivity contribution < 1.29 is 14.7 Å². The van der Waals surface area contributed by atoms with Crippen LogP contribution in [0.15, 0.2) is 29.2 Å². The molecular formula is C16H23ClN2O3S. The lowest BCUT2D eigenvalue weighted by molar-refractivity contribution is -0.144. The summed E-state index contributed by atoms with van der Waals surface area (Å²) in [5.74, 6) is -1.24. The molecule has 2 N–H and O–H groups in total. The molecule has 7 heteroatoms. The Morgan fingerprint density at radius 1 is 1.35 bits per heavy atom. The van der Waals surface area contributed by atoms with Gasteiger partial charge >= 0.3 is 5.97 Å². The minimum atomic E-state index is -0.773. The van der Waals surface area contributed by atoms with Crippen LogP contribution in [0.1, 0.15) is 19.8 Å². The minimum Gasteiger partial charge on any atom is -0.481 e. The number of piperidine rings is 1. The zero-order valence-corrected chi connectivity index (χ0v) is 15.0. The number of carboxylic acids is 1. The van der Waals surface area contributed by atoms with Crippen LogP contribution in [0.3, 0.4) is 0 Å². The van der Waals surface area contributed by atoms with Gasteiger partial charge in [-0.1, -0.05) is 0 Å². The summed E-state index contributed by atoms with van der Waals surface area (Å²) in [5, 5.41) is 12.0. The van der Waals surface area contributed by atoms with Crippen LogP contribution in [0.25, 0.3) is 0 Å². The number of carbonyl (C=O) groups excluding carboxylic acids is 1. The molecule has 0 spiro atoms. The van der Waals surface area contributed by atoms with Crippen molar-refractivity contribution in [2.75, 3.05) is 24.7 Å². The summed E-state index contributed by atoms with van der Waals surface area (Å²) in [5.41, 5.74) is 0.765. The van der Waals surface area contributed by atoms with Crippen LogP contribution in [-0.4, -0.2) is 47.3 Å². The van der Waals surface area contributed by atoms with E-state index >= 15 is 0 Å². The first kappa shape index (κ1) is 19.8. The van der Waals surface area contributed by atoms with E-state index in [0.717, 1.165) is 23.5 Å². The molecule has 1 aliphatic rings. The molecule has 2 atom stereocenters. The lowest BCUT2D eigenvalue weighted by atomic mass is 9.97. The van der Waals surface area contributed by atoms with Crippen LogP contribution < -0.4 is 5.32 Å². The quantitative estimate of drug-likeness (QED) is 0.792. The highest BCUT2D eigenvalue weighted by molar-refractivity contribution is 7.98. The molecule has 1 amide bonds. The van der Waals surface area contributed by atoms with Gasteiger partial charge in [0.25, 0.3) is 0 Å². The van der Waals surface area contributed by atoms with Gasteiger partial charge in [0.05, 0.1) is 12.0 Å². The Balaban J connectivity index is 0.00000264. The summed E-state index contributed by atoms with van der Waals surface area (Å²) in [6.45, 7) is 3.04. The Kier molecular flexibility index (Phi) is 7.88. The van der Waals surface area contributed by atoms with Gasteiger partial charge in [-0.25, -0.2) is 0 Å². The van der Waals surface area contributed by atoms with Gasteiger partial charge < -0.3 is 10.4 Å². The van der Waals surface area contributed by atoms with Crippen LogP contribution >= 0.6 is 24.2 Å². The third-order valence-electron chi connectivity index (χ3n) is 4.09. The van der Waals surface area contributed by atoms with Gasteiger partial charge in [-0.15, -0.1) is 24.2 Å². The smallest absolute Gasteiger partial charge is 0.307 e. The number of nitrogens with zero attached hydrogens (tertiary/aromatic N) is 1. The zero-order chi connectivity index (χ0) is 16.1. The van der Waals surface area contributed by atoms with Crippen molar-refractivity contribution >= 4 is 41.7 Å². The van der Waals surface area contributed by atoms with Crippen molar-refractivity contribution in [2.45, 2.75) is 30.7 Å². The number of carboxylic acid groups (broad SMARTS) is 1. The molecule has 2 unspecified atom stereocenters. The maximum atomic E-state index is 12.3. The fourth-order valence-corrected chi connectivity index (χ4v) is 3.05. The second kappa shape index (κ2) is 9.15. The SMILES string of the molecule is CSc1ccc(NC(=O)C(C)N2CCCC(C(=O)O)C2)cc1.Cl. The zero-order valence-electron chi connectivity index (χ0n) is 13.3. The number of carbonyl (C=O) groups is 2. The van der Waals surface area contributed by atoms with Crippen molar-refractivity contribution in [1.29, 1.82) is 0 Å². The Hall–Kier alpha value is -1.24. The van der Waals surface area contributed by atoms with Gasteiger partial charge in [-0.05, 0) is 56.8 Å². The average Bonchev–Trinajstić information content (AvgIpc) is 2.54. The summed E-state index contributed by atoms with van der Waals surface area (Å²) in [4.78, 5) is 26.5. The number of aliphatic carboxylic acids is 1. The van der Waals surface area contributed by atoms with Crippen molar-refractivity contribution in [3.8, 4) is 0 Å².